The molecule has 1 heterocycles. The van der Waals surface area contributed by atoms with Crippen molar-refractivity contribution in [3.05, 3.63) is 69.9 Å². The van der Waals surface area contributed by atoms with E-state index in [9.17, 15) is 9.18 Å². The van der Waals surface area contributed by atoms with Crippen LogP contribution in [0, 0.1) is 12.7 Å². The molecule has 26 heavy (non-hydrogen) atoms. The second kappa shape index (κ2) is 8.29. The van der Waals surface area contributed by atoms with E-state index in [-0.39, 0.29) is 19.0 Å². The van der Waals surface area contributed by atoms with Crippen molar-refractivity contribution in [3.8, 4) is 16.3 Å². The molecule has 2 aromatic carbocycles. The van der Waals surface area contributed by atoms with Crippen molar-refractivity contribution in [1.29, 1.82) is 0 Å². The molecule has 0 unspecified atom stereocenters. The molecule has 0 amide bonds. The van der Waals surface area contributed by atoms with Crippen LogP contribution in [-0.4, -0.2) is 17.6 Å². The second-order valence-corrected chi connectivity index (χ2v) is 6.80. The number of aryl methyl sites for hydroxylation is 1. The van der Waals surface area contributed by atoms with Crippen molar-refractivity contribution in [1.82, 2.24) is 4.98 Å². The van der Waals surface area contributed by atoms with Crippen LogP contribution >= 0.6 is 22.9 Å². The predicted octanol–water partition coefficient (Wildman–Crippen LogP) is 5.03. The molecule has 4 nitrogen and oxygen atoms in total. The third-order valence-electron chi connectivity index (χ3n) is 3.51. The highest BCUT2D eigenvalue weighted by molar-refractivity contribution is 7.13. The zero-order valence-electron chi connectivity index (χ0n) is 13.9. The first kappa shape index (κ1) is 18.4. The number of hydrogen-bond acceptors (Lipinski definition) is 5. The molecule has 0 bridgehead atoms. The van der Waals surface area contributed by atoms with Gasteiger partial charge in [0.1, 0.15) is 23.2 Å². The monoisotopic (exact) mass is 391 g/mol. The van der Waals surface area contributed by atoms with Gasteiger partial charge in [-0.1, -0.05) is 11.6 Å². The smallest absolute Gasteiger partial charge is 0.344 e. The molecule has 7 heteroatoms. The minimum absolute atomic E-state index is 0.0550. The number of ether oxygens (including phenoxy) is 2. The summed E-state index contributed by atoms with van der Waals surface area (Å²) in [4.78, 5) is 16.2. The molecule has 0 fully saturated rings. The van der Waals surface area contributed by atoms with Gasteiger partial charge in [0.15, 0.2) is 6.61 Å². The molecule has 3 rings (SSSR count). The molecule has 0 aliphatic rings. The Morgan fingerprint density at radius 1 is 1.23 bits per heavy atom. The van der Waals surface area contributed by atoms with Crippen LogP contribution in [-0.2, 0) is 16.1 Å². The Hall–Kier alpha value is -2.44. The highest BCUT2D eigenvalue weighted by Crippen LogP contribution is 2.24. The third kappa shape index (κ3) is 4.80. The van der Waals surface area contributed by atoms with Gasteiger partial charge in [-0.15, -0.1) is 11.3 Å². The molecule has 3 aromatic rings. The summed E-state index contributed by atoms with van der Waals surface area (Å²) in [5.74, 6) is -0.204. The number of hydrogen-bond donors (Lipinski definition) is 0. The van der Waals surface area contributed by atoms with Gasteiger partial charge < -0.3 is 9.47 Å². The summed E-state index contributed by atoms with van der Waals surface area (Å²) in [5, 5.41) is 3.15. The van der Waals surface area contributed by atoms with E-state index in [1.807, 2.05) is 6.92 Å². The Morgan fingerprint density at radius 3 is 2.73 bits per heavy atom. The number of carbonyl (C=O) groups is 1. The highest BCUT2D eigenvalue weighted by Gasteiger charge is 2.10. The molecule has 0 spiro atoms. The van der Waals surface area contributed by atoms with Crippen LogP contribution in [0.1, 0.15) is 11.3 Å². The first-order valence-corrected chi connectivity index (χ1v) is 9.02. The van der Waals surface area contributed by atoms with E-state index in [0.29, 0.717) is 16.5 Å². The van der Waals surface area contributed by atoms with Crippen molar-refractivity contribution in [2.24, 2.45) is 0 Å². The van der Waals surface area contributed by atoms with Crippen molar-refractivity contribution in [2.45, 2.75) is 13.5 Å². The number of rotatable bonds is 6. The molecule has 0 aliphatic heterocycles. The molecule has 0 saturated heterocycles. The van der Waals surface area contributed by atoms with Crippen LogP contribution in [0.25, 0.3) is 10.6 Å². The van der Waals surface area contributed by atoms with Gasteiger partial charge in [0, 0.05) is 16.0 Å². The molecule has 0 saturated carbocycles. The van der Waals surface area contributed by atoms with Crippen molar-refractivity contribution < 1.29 is 18.7 Å². The van der Waals surface area contributed by atoms with Gasteiger partial charge >= 0.3 is 5.97 Å². The molecule has 0 atom stereocenters. The zero-order chi connectivity index (χ0) is 18.5. The lowest BCUT2D eigenvalue weighted by molar-refractivity contribution is -0.147. The fourth-order valence-corrected chi connectivity index (χ4v) is 3.24. The number of benzene rings is 2. The molecule has 0 radical (unpaired) electrons. The Balaban J connectivity index is 1.51. The minimum atomic E-state index is -0.490. The van der Waals surface area contributed by atoms with E-state index in [0.717, 1.165) is 16.1 Å². The van der Waals surface area contributed by atoms with Crippen LogP contribution in [0.5, 0.6) is 5.75 Å². The quantitative estimate of drug-likeness (QED) is 0.553. The average molecular weight is 392 g/mol. The average Bonchev–Trinajstić information content (AvgIpc) is 3.09. The van der Waals surface area contributed by atoms with E-state index < -0.39 is 5.97 Å². The summed E-state index contributed by atoms with van der Waals surface area (Å²) in [6, 6.07) is 11.2. The van der Waals surface area contributed by atoms with Crippen LogP contribution in [0.2, 0.25) is 5.02 Å². The Bertz CT molecular complexity index is 911. The standard InChI is InChI=1S/C19H15ClFNO3S/c1-12-8-14(20)4-7-17(12)24-10-18(23)25-9-16-11-26-19(22-16)13-2-5-15(21)6-3-13/h2-8,11H,9-10H2,1H3. The van der Waals surface area contributed by atoms with E-state index >= 15 is 0 Å². The lowest BCUT2D eigenvalue weighted by atomic mass is 10.2. The van der Waals surface area contributed by atoms with Crippen LogP contribution in [0.3, 0.4) is 0 Å². The Kier molecular flexibility index (Phi) is 5.85. The zero-order valence-corrected chi connectivity index (χ0v) is 15.4. The predicted molar refractivity (Wildman–Crippen MR) is 99.0 cm³/mol. The SMILES string of the molecule is Cc1cc(Cl)ccc1OCC(=O)OCc1csc(-c2ccc(F)cc2)n1. The van der Waals surface area contributed by atoms with Gasteiger partial charge in [0.2, 0.25) is 0 Å². The van der Waals surface area contributed by atoms with E-state index in [1.54, 1.807) is 35.7 Å². The lowest BCUT2D eigenvalue weighted by Crippen LogP contribution is -2.15. The van der Waals surface area contributed by atoms with Gasteiger partial charge in [-0.3, -0.25) is 0 Å². The number of thiazole rings is 1. The van der Waals surface area contributed by atoms with Crippen LogP contribution in [0.4, 0.5) is 4.39 Å². The molecular formula is C19H15ClFNO3S. The fourth-order valence-electron chi connectivity index (χ4n) is 2.21. The minimum Gasteiger partial charge on any atom is -0.482 e. The van der Waals surface area contributed by atoms with Crippen molar-refractivity contribution in [3.63, 3.8) is 0 Å². The number of nitrogens with zero attached hydrogens (tertiary/aromatic N) is 1. The second-order valence-electron chi connectivity index (χ2n) is 5.51. The number of esters is 1. The normalized spacial score (nSPS) is 10.6. The highest BCUT2D eigenvalue weighted by atomic mass is 35.5. The molecule has 134 valence electrons. The topological polar surface area (TPSA) is 48.4 Å². The summed E-state index contributed by atoms with van der Waals surface area (Å²) in [6.07, 6.45) is 0. The summed E-state index contributed by atoms with van der Waals surface area (Å²) >= 11 is 7.28. The Labute approximate surface area is 159 Å². The van der Waals surface area contributed by atoms with E-state index in [1.165, 1.54) is 23.5 Å². The summed E-state index contributed by atoms with van der Waals surface area (Å²) in [6.45, 7) is 1.70. The fraction of sp³-hybridized carbons (Fsp3) is 0.158. The number of aromatic nitrogens is 1. The van der Waals surface area contributed by atoms with Gasteiger partial charge in [0.25, 0.3) is 0 Å². The molecular weight excluding hydrogens is 377 g/mol. The third-order valence-corrected chi connectivity index (χ3v) is 4.68. The summed E-state index contributed by atoms with van der Waals surface area (Å²) in [7, 11) is 0. The maximum absolute atomic E-state index is 13.0. The van der Waals surface area contributed by atoms with Gasteiger partial charge in [0.05, 0.1) is 5.69 Å². The molecule has 0 N–H and O–H groups in total. The maximum Gasteiger partial charge on any atom is 0.344 e. The first-order valence-electron chi connectivity index (χ1n) is 7.76. The van der Waals surface area contributed by atoms with Crippen molar-refractivity contribution in [2.75, 3.05) is 6.61 Å². The van der Waals surface area contributed by atoms with Gasteiger partial charge in [-0.05, 0) is 55.0 Å². The van der Waals surface area contributed by atoms with Gasteiger partial charge in [-0.25, -0.2) is 14.2 Å². The summed E-state index contributed by atoms with van der Waals surface area (Å²) < 4.78 is 23.6. The largest absolute Gasteiger partial charge is 0.482 e. The van der Waals surface area contributed by atoms with E-state index in [2.05, 4.69) is 4.98 Å². The van der Waals surface area contributed by atoms with Gasteiger partial charge in [-0.2, -0.15) is 0 Å². The number of halogens is 2. The maximum atomic E-state index is 13.0. The Morgan fingerprint density at radius 2 is 2.00 bits per heavy atom. The van der Waals surface area contributed by atoms with Crippen LogP contribution in [0.15, 0.2) is 47.8 Å². The van der Waals surface area contributed by atoms with Crippen LogP contribution < -0.4 is 4.74 Å². The molecule has 0 aliphatic carbocycles. The van der Waals surface area contributed by atoms with E-state index in [4.69, 9.17) is 21.1 Å². The first-order chi connectivity index (χ1) is 12.5. The molecule has 1 aromatic heterocycles. The lowest BCUT2D eigenvalue weighted by Gasteiger charge is -2.08. The number of carbonyl (C=O) groups excluding carboxylic acids is 1. The summed E-state index contributed by atoms with van der Waals surface area (Å²) in [5.41, 5.74) is 2.29. The van der Waals surface area contributed by atoms with Crippen molar-refractivity contribution >= 4 is 28.9 Å².